The molecule has 2 aromatic rings. The molecule has 0 saturated carbocycles. The Morgan fingerprint density at radius 1 is 1.13 bits per heavy atom. The van der Waals surface area contributed by atoms with Crippen LogP contribution in [-0.2, 0) is 0 Å². The van der Waals surface area contributed by atoms with E-state index >= 15 is 0 Å². The summed E-state index contributed by atoms with van der Waals surface area (Å²) in [6, 6.07) is 9.43. The number of ether oxygens (including phenoxy) is 1. The number of benzene rings is 2. The van der Waals surface area contributed by atoms with E-state index in [0.717, 1.165) is 0 Å². The topological polar surface area (TPSA) is 81.4 Å². The molecule has 0 unspecified atom stereocenters. The van der Waals surface area contributed by atoms with Crippen LogP contribution in [0.15, 0.2) is 42.5 Å². The number of amides is 2. The maximum atomic E-state index is 12.0. The molecule has 0 aliphatic rings. The highest BCUT2D eigenvalue weighted by molar-refractivity contribution is 6.34. The molecular formula is C15H11ClF2N2O3. The molecule has 0 radical (unpaired) electrons. The summed E-state index contributed by atoms with van der Waals surface area (Å²) in [7, 11) is 0. The first-order valence-electron chi connectivity index (χ1n) is 6.32. The van der Waals surface area contributed by atoms with Gasteiger partial charge in [0.2, 0.25) is 5.91 Å². The summed E-state index contributed by atoms with van der Waals surface area (Å²) in [6.07, 6.45) is 0. The number of hydrogen-bond donors (Lipinski definition) is 2. The standard InChI is InChI=1S/C15H11ClF2N2O3/c16-12-7-9(3-6-11(12)13(19)21)20-14(22)8-1-4-10(5-2-8)23-15(17)18/h1-7,15H,(H2,19,21)(H,20,22). The first-order chi connectivity index (χ1) is 10.9. The quantitative estimate of drug-likeness (QED) is 0.876. The van der Waals surface area contributed by atoms with E-state index in [1.165, 1.54) is 42.5 Å². The summed E-state index contributed by atoms with van der Waals surface area (Å²) >= 11 is 5.88. The van der Waals surface area contributed by atoms with E-state index in [9.17, 15) is 18.4 Å². The van der Waals surface area contributed by atoms with Crippen molar-refractivity contribution in [3.8, 4) is 5.75 Å². The van der Waals surface area contributed by atoms with Crippen LogP contribution in [0.5, 0.6) is 5.75 Å². The van der Waals surface area contributed by atoms with Crippen LogP contribution < -0.4 is 15.8 Å². The molecule has 0 aliphatic carbocycles. The molecule has 2 rings (SSSR count). The summed E-state index contributed by atoms with van der Waals surface area (Å²) in [5.74, 6) is -1.20. The van der Waals surface area contributed by atoms with E-state index in [2.05, 4.69) is 10.1 Å². The Hall–Kier alpha value is -2.67. The fourth-order valence-corrected chi connectivity index (χ4v) is 2.06. The number of alkyl halides is 2. The average molecular weight is 341 g/mol. The SMILES string of the molecule is NC(=O)c1ccc(NC(=O)c2ccc(OC(F)F)cc2)cc1Cl. The smallest absolute Gasteiger partial charge is 0.387 e. The normalized spacial score (nSPS) is 10.4. The first-order valence-corrected chi connectivity index (χ1v) is 6.70. The number of hydrogen-bond acceptors (Lipinski definition) is 3. The van der Waals surface area contributed by atoms with Gasteiger partial charge in [0.1, 0.15) is 5.75 Å². The third kappa shape index (κ3) is 4.40. The van der Waals surface area contributed by atoms with E-state index in [4.69, 9.17) is 17.3 Å². The van der Waals surface area contributed by atoms with Gasteiger partial charge in [-0.25, -0.2) is 0 Å². The van der Waals surface area contributed by atoms with Gasteiger partial charge in [-0.1, -0.05) is 11.6 Å². The number of nitrogens with one attached hydrogen (secondary N) is 1. The molecular weight excluding hydrogens is 330 g/mol. The van der Waals surface area contributed by atoms with Gasteiger partial charge < -0.3 is 15.8 Å². The van der Waals surface area contributed by atoms with Gasteiger partial charge in [-0.15, -0.1) is 0 Å². The molecule has 5 nitrogen and oxygen atoms in total. The predicted molar refractivity (Wildman–Crippen MR) is 81.0 cm³/mol. The van der Waals surface area contributed by atoms with Crippen molar-refractivity contribution in [3.63, 3.8) is 0 Å². The van der Waals surface area contributed by atoms with Crippen molar-refractivity contribution in [2.24, 2.45) is 5.73 Å². The first kappa shape index (κ1) is 16.7. The number of nitrogens with two attached hydrogens (primary N) is 1. The summed E-state index contributed by atoms with van der Waals surface area (Å²) in [6.45, 7) is -2.93. The molecule has 2 aromatic carbocycles. The Balaban J connectivity index is 2.09. The molecule has 23 heavy (non-hydrogen) atoms. The molecule has 120 valence electrons. The Kier molecular flexibility index (Phi) is 5.13. The number of primary amides is 1. The molecule has 0 aliphatic heterocycles. The summed E-state index contributed by atoms with van der Waals surface area (Å²) in [5.41, 5.74) is 5.86. The molecule has 2 amide bonds. The van der Waals surface area contributed by atoms with Gasteiger partial charge in [0.05, 0.1) is 10.6 Å². The van der Waals surface area contributed by atoms with E-state index < -0.39 is 18.4 Å². The zero-order chi connectivity index (χ0) is 17.0. The van der Waals surface area contributed by atoms with Gasteiger partial charge in [-0.3, -0.25) is 9.59 Å². The lowest BCUT2D eigenvalue weighted by molar-refractivity contribution is -0.0498. The van der Waals surface area contributed by atoms with Crippen LogP contribution in [0.3, 0.4) is 0 Å². The second kappa shape index (κ2) is 7.06. The molecule has 0 spiro atoms. The van der Waals surface area contributed by atoms with Crippen LogP contribution in [0.1, 0.15) is 20.7 Å². The summed E-state index contributed by atoms with van der Waals surface area (Å²) < 4.78 is 28.3. The molecule has 0 saturated heterocycles. The number of carbonyl (C=O) groups excluding carboxylic acids is 2. The molecule has 3 N–H and O–H groups in total. The minimum absolute atomic E-state index is 0.0506. The number of anilines is 1. The van der Waals surface area contributed by atoms with E-state index in [0.29, 0.717) is 5.69 Å². The van der Waals surface area contributed by atoms with Crippen LogP contribution in [0, 0.1) is 0 Å². The number of halogens is 3. The summed E-state index contributed by atoms with van der Waals surface area (Å²) in [4.78, 5) is 23.1. The maximum absolute atomic E-state index is 12.0. The van der Waals surface area contributed by atoms with Crippen LogP contribution >= 0.6 is 11.6 Å². The van der Waals surface area contributed by atoms with Gasteiger partial charge in [0.25, 0.3) is 5.91 Å². The third-order valence-electron chi connectivity index (χ3n) is 2.83. The average Bonchev–Trinajstić information content (AvgIpc) is 2.47. The van der Waals surface area contributed by atoms with Crippen LogP contribution in [0.25, 0.3) is 0 Å². The van der Waals surface area contributed by atoms with E-state index in [1.54, 1.807) is 0 Å². The van der Waals surface area contributed by atoms with Crippen molar-refractivity contribution in [3.05, 3.63) is 58.6 Å². The van der Waals surface area contributed by atoms with Gasteiger partial charge in [-0.05, 0) is 42.5 Å². The second-order valence-electron chi connectivity index (χ2n) is 4.42. The Morgan fingerprint density at radius 2 is 1.78 bits per heavy atom. The highest BCUT2D eigenvalue weighted by Crippen LogP contribution is 2.21. The zero-order valence-corrected chi connectivity index (χ0v) is 12.3. The third-order valence-corrected chi connectivity index (χ3v) is 3.15. The van der Waals surface area contributed by atoms with E-state index in [-0.39, 0.29) is 21.9 Å². The molecule has 8 heteroatoms. The fraction of sp³-hybridized carbons (Fsp3) is 0.0667. The fourth-order valence-electron chi connectivity index (χ4n) is 1.78. The maximum Gasteiger partial charge on any atom is 0.387 e. The molecule has 0 bridgehead atoms. The van der Waals surface area contributed by atoms with Crippen molar-refractivity contribution < 1.29 is 23.1 Å². The minimum Gasteiger partial charge on any atom is -0.435 e. The van der Waals surface area contributed by atoms with Gasteiger partial charge in [0, 0.05) is 11.3 Å². The van der Waals surface area contributed by atoms with Crippen LogP contribution in [-0.4, -0.2) is 18.4 Å². The molecule has 0 aromatic heterocycles. The lowest BCUT2D eigenvalue weighted by atomic mass is 10.1. The van der Waals surface area contributed by atoms with Gasteiger partial charge in [0.15, 0.2) is 0 Å². The van der Waals surface area contributed by atoms with E-state index in [1.807, 2.05) is 0 Å². The Labute approximate surface area is 135 Å². The van der Waals surface area contributed by atoms with Crippen LogP contribution in [0.4, 0.5) is 14.5 Å². The molecule has 0 fully saturated rings. The van der Waals surface area contributed by atoms with Crippen molar-refractivity contribution in [2.75, 3.05) is 5.32 Å². The number of carbonyl (C=O) groups is 2. The van der Waals surface area contributed by atoms with Crippen molar-refractivity contribution in [2.45, 2.75) is 6.61 Å². The van der Waals surface area contributed by atoms with Gasteiger partial charge >= 0.3 is 6.61 Å². The van der Waals surface area contributed by atoms with Crippen molar-refractivity contribution in [1.82, 2.24) is 0 Å². The number of rotatable bonds is 5. The van der Waals surface area contributed by atoms with Crippen molar-refractivity contribution >= 4 is 29.1 Å². The Morgan fingerprint density at radius 3 is 2.30 bits per heavy atom. The molecule has 0 heterocycles. The highest BCUT2D eigenvalue weighted by atomic mass is 35.5. The zero-order valence-electron chi connectivity index (χ0n) is 11.6. The second-order valence-corrected chi connectivity index (χ2v) is 4.82. The largest absolute Gasteiger partial charge is 0.435 e. The molecule has 0 atom stereocenters. The minimum atomic E-state index is -2.93. The lowest BCUT2D eigenvalue weighted by Gasteiger charge is -2.08. The van der Waals surface area contributed by atoms with Crippen molar-refractivity contribution in [1.29, 1.82) is 0 Å². The Bertz CT molecular complexity index is 736. The van der Waals surface area contributed by atoms with Gasteiger partial charge in [-0.2, -0.15) is 8.78 Å². The monoisotopic (exact) mass is 340 g/mol. The summed E-state index contributed by atoms with van der Waals surface area (Å²) in [5, 5.41) is 2.67. The highest BCUT2D eigenvalue weighted by Gasteiger charge is 2.11. The predicted octanol–water partition coefficient (Wildman–Crippen LogP) is 3.29. The van der Waals surface area contributed by atoms with Crippen LogP contribution in [0.2, 0.25) is 5.02 Å². The lowest BCUT2D eigenvalue weighted by Crippen LogP contribution is -2.14.